The Hall–Kier alpha value is -4.95. The van der Waals surface area contributed by atoms with Crippen LogP contribution in [0.15, 0.2) is 124 Å². The van der Waals surface area contributed by atoms with Crippen molar-refractivity contribution in [3.05, 3.63) is 152 Å². The smallest absolute Gasteiger partial charge is 0.272 e. The number of fused-ring (bicyclic) bond motifs is 1. The van der Waals surface area contributed by atoms with Gasteiger partial charge in [0, 0.05) is 25.5 Å². The van der Waals surface area contributed by atoms with Gasteiger partial charge < -0.3 is 16.0 Å². The van der Waals surface area contributed by atoms with E-state index in [1.807, 2.05) is 66.7 Å². The molecule has 7 nitrogen and oxygen atoms in total. The summed E-state index contributed by atoms with van der Waals surface area (Å²) in [6, 6.07) is 35.2. The molecule has 1 aliphatic carbocycles. The molecule has 1 aromatic heterocycles. The van der Waals surface area contributed by atoms with Gasteiger partial charge in [-0.2, -0.15) is 5.26 Å². The highest BCUT2D eigenvalue weighted by molar-refractivity contribution is 9.10. The van der Waals surface area contributed by atoms with Crippen molar-refractivity contribution in [3.63, 3.8) is 0 Å². The number of anilines is 2. The molecule has 5 aromatic rings. The van der Waals surface area contributed by atoms with Gasteiger partial charge in [0.15, 0.2) is 0 Å². The summed E-state index contributed by atoms with van der Waals surface area (Å²) < 4.78 is 0.889. The largest absolute Gasteiger partial charge is 0.321 e. The van der Waals surface area contributed by atoms with Crippen molar-refractivity contribution in [2.45, 2.75) is 36.3 Å². The van der Waals surface area contributed by atoms with Crippen molar-refractivity contribution >= 4 is 73.5 Å². The molecule has 0 spiro atoms. The molecule has 0 aliphatic heterocycles. The number of rotatable bonds is 10. The Bertz CT molecular complexity index is 2090. The van der Waals surface area contributed by atoms with Crippen LogP contribution in [0.5, 0.6) is 0 Å². The summed E-state index contributed by atoms with van der Waals surface area (Å²) in [5, 5.41) is 18.8. The monoisotopic (exact) mass is 760 g/mol. The molecule has 3 amide bonds. The molecule has 4 aromatic carbocycles. The average Bonchev–Trinajstić information content (AvgIpc) is 3.47. The summed E-state index contributed by atoms with van der Waals surface area (Å²) in [7, 11) is 0. The number of nitrogens with zero attached hydrogens (tertiary/aromatic N) is 1. The SMILES string of the molecule is CC1CCc2c(sc(NC(=O)C(Sc3cccc(NC(=O)/C(=C\c4ccc(Br)cc4)NC(=O)c4ccccc4)c3)c3ccccc3)c2C#N)C1. The van der Waals surface area contributed by atoms with E-state index in [1.165, 1.54) is 28.0 Å². The van der Waals surface area contributed by atoms with Gasteiger partial charge in [-0.3, -0.25) is 14.4 Å². The number of thiophene rings is 1. The molecule has 0 saturated heterocycles. The molecule has 250 valence electrons. The van der Waals surface area contributed by atoms with E-state index in [9.17, 15) is 19.6 Å². The lowest BCUT2D eigenvalue weighted by Gasteiger charge is -2.18. The second-order valence-corrected chi connectivity index (χ2v) is 15.2. The molecule has 1 aliphatic rings. The van der Waals surface area contributed by atoms with Crippen LogP contribution in [0, 0.1) is 17.2 Å². The normalized spacial score (nSPS) is 14.5. The van der Waals surface area contributed by atoms with Crippen LogP contribution in [-0.2, 0) is 22.4 Å². The van der Waals surface area contributed by atoms with Gasteiger partial charge in [-0.05, 0) is 90.4 Å². The lowest BCUT2D eigenvalue weighted by molar-refractivity contribution is -0.116. The third-order valence-corrected chi connectivity index (χ3v) is 11.2. The Kier molecular flexibility index (Phi) is 11.3. The number of carbonyl (C=O) groups excluding carboxylic acids is 3. The first-order valence-electron chi connectivity index (χ1n) is 16.1. The van der Waals surface area contributed by atoms with E-state index in [2.05, 4.69) is 44.9 Å². The Morgan fingerprint density at radius 3 is 2.38 bits per heavy atom. The molecule has 0 bridgehead atoms. The third kappa shape index (κ3) is 8.61. The maximum atomic E-state index is 14.0. The Labute approximate surface area is 308 Å². The predicted octanol–water partition coefficient (Wildman–Crippen LogP) is 9.39. The standard InChI is InChI=1S/C40H33BrN4O3S2/c1-25-15-20-32-33(24-42)40(50-35(32)21-25)45-39(48)36(27-9-4-2-5-10-27)49-31-14-8-13-30(23-31)43-38(47)34(22-26-16-18-29(41)19-17-26)44-37(46)28-11-6-3-7-12-28/h2-14,16-19,22-23,25,36H,15,20-21H2,1H3,(H,43,47)(H,44,46)(H,45,48)/b34-22+. The zero-order chi connectivity index (χ0) is 35.0. The summed E-state index contributed by atoms with van der Waals surface area (Å²) >= 11 is 6.28. The van der Waals surface area contributed by atoms with Crippen LogP contribution >= 0.6 is 39.0 Å². The minimum atomic E-state index is -0.634. The van der Waals surface area contributed by atoms with Gasteiger partial charge in [0.1, 0.15) is 22.0 Å². The van der Waals surface area contributed by atoms with E-state index in [0.29, 0.717) is 27.7 Å². The Morgan fingerprint density at radius 2 is 1.66 bits per heavy atom. The molecular weight excluding hydrogens is 729 g/mol. The maximum absolute atomic E-state index is 14.0. The summed E-state index contributed by atoms with van der Waals surface area (Å²) in [4.78, 5) is 42.7. The second kappa shape index (κ2) is 16.2. The number of carbonyl (C=O) groups is 3. The van der Waals surface area contributed by atoms with Crippen LogP contribution in [0.2, 0.25) is 0 Å². The van der Waals surface area contributed by atoms with E-state index in [4.69, 9.17) is 0 Å². The highest BCUT2D eigenvalue weighted by atomic mass is 79.9. The fourth-order valence-corrected chi connectivity index (χ4v) is 8.40. The minimum absolute atomic E-state index is 0.0714. The quantitative estimate of drug-likeness (QED) is 0.0971. The van der Waals surface area contributed by atoms with E-state index in [1.54, 1.807) is 48.5 Å². The number of nitriles is 1. The van der Waals surface area contributed by atoms with Crippen molar-refractivity contribution in [1.82, 2.24) is 5.32 Å². The topological polar surface area (TPSA) is 111 Å². The average molecular weight is 762 g/mol. The molecule has 2 unspecified atom stereocenters. The molecule has 2 atom stereocenters. The number of nitrogens with one attached hydrogen (secondary N) is 3. The zero-order valence-corrected chi connectivity index (χ0v) is 30.3. The van der Waals surface area contributed by atoms with Gasteiger partial charge >= 0.3 is 0 Å². The van der Waals surface area contributed by atoms with Crippen LogP contribution < -0.4 is 16.0 Å². The van der Waals surface area contributed by atoms with Crippen molar-refractivity contribution in [2.75, 3.05) is 10.6 Å². The minimum Gasteiger partial charge on any atom is -0.321 e. The van der Waals surface area contributed by atoms with Crippen LogP contribution in [0.4, 0.5) is 10.7 Å². The lowest BCUT2D eigenvalue weighted by atomic mass is 9.88. The first-order chi connectivity index (χ1) is 24.3. The molecular formula is C40H33BrN4O3S2. The van der Waals surface area contributed by atoms with Gasteiger partial charge in [-0.25, -0.2) is 0 Å². The number of hydrogen-bond donors (Lipinski definition) is 3. The number of amides is 3. The number of hydrogen-bond acceptors (Lipinski definition) is 6. The third-order valence-electron chi connectivity index (χ3n) is 8.26. The summed E-state index contributed by atoms with van der Waals surface area (Å²) in [5.74, 6) is -0.603. The summed E-state index contributed by atoms with van der Waals surface area (Å²) in [6.07, 6.45) is 4.41. The number of benzene rings is 4. The highest BCUT2D eigenvalue weighted by Crippen LogP contribution is 2.42. The summed E-state index contributed by atoms with van der Waals surface area (Å²) in [5.41, 5.74) is 4.15. The van der Waals surface area contributed by atoms with Gasteiger partial charge in [-0.1, -0.05) is 89.6 Å². The molecule has 6 rings (SSSR count). The van der Waals surface area contributed by atoms with E-state index >= 15 is 0 Å². The molecule has 0 fully saturated rings. The van der Waals surface area contributed by atoms with Crippen molar-refractivity contribution < 1.29 is 14.4 Å². The van der Waals surface area contributed by atoms with E-state index < -0.39 is 17.1 Å². The molecule has 10 heteroatoms. The van der Waals surface area contributed by atoms with Crippen LogP contribution in [-0.4, -0.2) is 17.7 Å². The second-order valence-electron chi connectivity index (χ2n) is 12.0. The first-order valence-corrected chi connectivity index (χ1v) is 18.6. The van der Waals surface area contributed by atoms with E-state index in [0.717, 1.165) is 45.3 Å². The predicted molar refractivity (Wildman–Crippen MR) is 205 cm³/mol. The van der Waals surface area contributed by atoms with Crippen molar-refractivity contribution in [2.24, 2.45) is 5.92 Å². The lowest BCUT2D eigenvalue weighted by Crippen LogP contribution is -2.30. The molecule has 0 saturated carbocycles. The van der Waals surface area contributed by atoms with Crippen LogP contribution in [0.1, 0.15) is 56.1 Å². The fraction of sp³-hybridized carbons (Fsp3) is 0.150. The van der Waals surface area contributed by atoms with E-state index in [-0.39, 0.29) is 11.6 Å². The van der Waals surface area contributed by atoms with Crippen molar-refractivity contribution in [1.29, 1.82) is 5.26 Å². The van der Waals surface area contributed by atoms with Crippen LogP contribution in [0.25, 0.3) is 6.08 Å². The Balaban J connectivity index is 1.23. The number of thioether (sulfide) groups is 1. The molecule has 0 radical (unpaired) electrons. The van der Waals surface area contributed by atoms with Crippen LogP contribution in [0.3, 0.4) is 0 Å². The highest BCUT2D eigenvalue weighted by Gasteiger charge is 2.28. The molecule has 50 heavy (non-hydrogen) atoms. The number of halogens is 1. The van der Waals surface area contributed by atoms with Gasteiger partial charge in [0.25, 0.3) is 11.8 Å². The zero-order valence-electron chi connectivity index (χ0n) is 27.1. The Morgan fingerprint density at radius 1 is 0.940 bits per heavy atom. The van der Waals surface area contributed by atoms with Gasteiger partial charge in [0.05, 0.1) is 5.56 Å². The van der Waals surface area contributed by atoms with Gasteiger partial charge in [-0.15, -0.1) is 23.1 Å². The van der Waals surface area contributed by atoms with Gasteiger partial charge in [0.2, 0.25) is 5.91 Å². The molecule has 3 N–H and O–H groups in total. The molecule has 1 heterocycles. The first kappa shape index (κ1) is 34.9. The maximum Gasteiger partial charge on any atom is 0.272 e. The summed E-state index contributed by atoms with van der Waals surface area (Å²) in [6.45, 7) is 2.21. The fourth-order valence-electron chi connectivity index (χ4n) is 5.69. The van der Waals surface area contributed by atoms with Crippen molar-refractivity contribution in [3.8, 4) is 6.07 Å².